The van der Waals surface area contributed by atoms with Gasteiger partial charge in [0.1, 0.15) is 5.75 Å². The molecule has 2 aromatic rings. The molecular weight excluding hydrogens is 388 g/mol. The minimum atomic E-state index is -0.626. The standard InChI is InChI=1S/C23H29ClN2O3/c1-16-6-7-17(2)20(14-16)29-13-5-12-23(3,4)22(28)26-25-21(27)15-18-8-10-19(24)11-9-18/h6-11,14H,5,12-13,15H2,1-4H3,(H,25,27)(H,26,28). The highest BCUT2D eigenvalue weighted by Crippen LogP contribution is 2.24. The Bertz CT molecular complexity index is 848. The van der Waals surface area contributed by atoms with Gasteiger partial charge < -0.3 is 4.74 Å². The first-order chi connectivity index (χ1) is 13.7. The van der Waals surface area contributed by atoms with Gasteiger partial charge in [-0.25, -0.2) is 0 Å². The highest BCUT2D eigenvalue weighted by atomic mass is 35.5. The SMILES string of the molecule is Cc1ccc(C)c(OCCCC(C)(C)C(=O)NNC(=O)Cc2ccc(Cl)cc2)c1. The fraction of sp³-hybridized carbons (Fsp3) is 0.391. The number of amides is 2. The molecule has 2 aromatic carbocycles. The van der Waals surface area contributed by atoms with E-state index in [1.165, 1.54) is 0 Å². The number of carbonyl (C=O) groups excluding carboxylic acids is 2. The molecule has 0 fully saturated rings. The van der Waals surface area contributed by atoms with Crippen molar-refractivity contribution in [3.63, 3.8) is 0 Å². The van der Waals surface area contributed by atoms with Crippen LogP contribution in [-0.2, 0) is 16.0 Å². The minimum Gasteiger partial charge on any atom is -0.493 e. The van der Waals surface area contributed by atoms with E-state index >= 15 is 0 Å². The molecule has 5 nitrogen and oxygen atoms in total. The summed E-state index contributed by atoms with van der Waals surface area (Å²) < 4.78 is 5.85. The van der Waals surface area contributed by atoms with Crippen LogP contribution in [0.3, 0.4) is 0 Å². The number of halogens is 1. The van der Waals surface area contributed by atoms with E-state index in [-0.39, 0.29) is 18.2 Å². The molecule has 0 saturated heterocycles. The lowest BCUT2D eigenvalue weighted by atomic mass is 9.87. The van der Waals surface area contributed by atoms with Crippen LogP contribution in [0.2, 0.25) is 5.02 Å². The van der Waals surface area contributed by atoms with Crippen LogP contribution < -0.4 is 15.6 Å². The Morgan fingerprint density at radius 1 is 1.03 bits per heavy atom. The maximum absolute atomic E-state index is 12.4. The third-order valence-corrected chi connectivity index (χ3v) is 5.01. The van der Waals surface area contributed by atoms with Crippen LogP contribution in [0, 0.1) is 19.3 Å². The summed E-state index contributed by atoms with van der Waals surface area (Å²) in [5.74, 6) is 0.366. The molecule has 0 spiro atoms. The molecule has 29 heavy (non-hydrogen) atoms. The van der Waals surface area contributed by atoms with Crippen LogP contribution in [0.15, 0.2) is 42.5 Å². The zero-order chi connectivity index (χ0) is 21.4. The Balaban J connectivity index is 1.73. The van der Waals surface area contributed by atoms with E-state index in [9.17, 15) is 9.59 Å². The number of hydrazine groups is 1. The Labute approximate surface area is 177 Å². The number of aryl methyl sites for hydroxylation is 2. The zero-order valence-electron chi connectivity index (χ0n) is 17.5. The van der Waals surface area contributed by atoms with Crippen molar-refractivity contribution >= 4 is 23.4 Å². The number of hydrogen-bond donors (Lipinski definition) is 2. The van der Waals surface area contributed by atoms with Gasteiger partial charge in [0.25, 0.3) is 0 Å². The molecule has 6 heteroatoms. The van der Waals surface area contributed by atoms with Gasteiger partial charge in [-0.2, -0.15) is 0 Å². The molecule has 0 atom stereocenters. The molecule has 0 aliphatic carbocycles. The van der Waals surface area contributed by atoms with Crippen LogP contribution in [0.25, 0.3) is 0 Å². The van der Waals surface area contributed by atoms with Gasteiger partial charge in [-0.3, -0.25) is 20.4 Å². The summed E-state index contributed by atoms with van der Waals surface area (Å²) in [6.07, 6.45) is 1.53. The number of nitrogens with one attached hydrogen (secondary N) is 2. The van der Waals surface area contributed by atoms with Crippen molar-refractivity contribution in [3.8, 4) is 5.75 Å². The fourth-order valence-electron chi connectivity index (χ4n) is 2.80. The predicted octanol–water partition coefficient (Wildman–Crippen LogP) is 4.53. The molecule has 0 heterocycles. The van der Waals surface area contributed by atoms with Gasteiger partial charge in [0, 0.05) is 10.4 Å². The van der Waals surface area contributed by atoms with E-state index in [1.807, 2.05) is 39.8 Å². The maximum atomic E-state index is 12.4. The maximum Gasteiger partial charge on any atom is 0.244 e. The monoisotopic (exact) mass is 416 g/mol. The van der Waals surface area contributed by atoms with E-state index in [1.54, 1.807) is 24.3 Å². The van der Waals surface area contributed by atoms with Crippen LogP contribution in [0.4, 0.5) is 0 Å². The second-order valence-electron chi connectivity index (χ2n) is 7.91. The number of hydrogen-bond acceptors (Lipinski definition) is 3. The van der Waals surface area contributed by atoms with Crippen LogP contribution in [0.1, 0.15) is 43.4 Å². The van der Waals surface area contributed by atoms with Crippen molar-refractivity contribution < 1.29 is 14.3 Å². The topological polar surface area (TPSA) is 67.4 Å². The lowest BCUT2D eigenvalue weighted by molar-refractivity contribution is -0.134. The Hall–Kier alpha value is -2.53. The van der Waals surface area contributed by atoms with Gasteiger partial charge in [0.15, 0.2) is 0 Å². The summed E-state index contributed by atoms with van der Waals surface area (Å²) in [6, 6.07) is 13.1. The average molecular weight is 417 g/mol. The molecule has 0 aliphatic heterocycles. The van der Waals surface area contributed by atoms with Crippen LogP contribution in [0.5, 0.6) is 5.75 Å². The lowest BCUT2D eigenvalue weighted by Gasteiger charge is -2.23. The molecular formula is C23H29ClN2O3. The highest BCUT2D eigenvalue weighted by molar-refractivity contribution is 6.30. The number of carbonyl (C=O) groups is 2. The highest BCUT2D eigenvalue weighted by Gasteiger charge is 2.27. The van der Waals surface area contributed by atoms with Crippen molar-refractivity contribution in [2.75, 3.05) is 6.61 Å². The number of rotatable bonds is 8. The Morgan fingerprint density at radius 2 is 1.72 bits per heavy atom. The van der Waals surface area contributed by atoms with E-state index in [0.29, 0.717) is 18.1 Å². The number of ether oxygens (including phenoxy) is 1. The smallest absolute Gasteiger partial charge is 0.244 e. The molecule has 0 aliphatic rings. The summed E-state index contributed by atoms with van der Waals surface area (Å²) in [7, 11) is 0. The first-order valence-electron chi connectivity index (χ1n) is 9.71. The van der Waals surface area contributed by atoms with Crippen molar-refractivity contribution in [2.45, 2.75) is 47.0 Å². The summed E-state index contributed by atoms with van der Waals surface area (Å²) in [6.45, 7) is 8.28. The zero-order valence-corrected chi connectivity index (χ0v) is 18.2. The third-order valence-electron chi connectivity index (χ3n) is 4.76. The Kier molecular flexibility index (Phi) is 8.09. The normalized spacial score (nSPS) is 11.1. The van der Waals surface area contributed by atoms with Gasteiger partial charge in [0.05, 0.1) is 13.0 Å². The van der Waals surface area contributed by atoms with E-state index in [4.69, 9.17) is 16.3 Å². The van der Waals surface area contributed by atoms with Crippen molar-refractivity contribution in [1.82, 2.24) is 10.9 Å². The fourth-order valence-corrected chi connectivity index (χ4v) is 2.93. The van der Waals surface area contributed by atoms with Crippen LogP contribution >= 0.6 is 11.6 Å². The predicted molar refractivity (Wildman–Crippen MR) is 116 cm³/mol. The second-order valence-corrected chi connectivity index (χ2v) is 8.35. The summed E-state index contributed by atoms with van der Waals surface area (Å²) >= 11 is 5.84. The molecule has 0 radical (unpaired) electrons. The van der Waals surface area contributed by atoms with E-state index in [2.05, 4.69) is 16.9 Å². The molecule has 0 saturated carbocycles. The van der Waals surface area contributed by atoms with Crippen molar-refractivity contribution in [3.05, 3.63) is 64.2 Å². The molecule has 0 bridgehead atoms. The second kappa shape index (κ2) is 10.3. The molecule has 2 rings (SSSR count). The molecule has 0 unspecified atom stereocenters. The Morgan fingerprint density at radius 3 is 2.41 bits per heavy atom. The van der Waals surface area contributed by atoms with E-state index < -0.39 is 5.41 Å². The summed E-state index contributed by atoms with van der Waals surface area (Å²) in [5.41, 5.74) is 7.45. The summed E-state index contributed by atoms with van der Waals surface area (Å²) in [4.78, 5) is 24.5. The largest absolute Gasteiger partial charge is 0.493 e. The summed E-state index contributed by atoms with van der Waals surface area (Å²) in [5, 5.41) is 0.616. The quantitative estimate of drug-likeness (QED) is 0.490. The minimum absolute atomic E-state index is 0.168. The van der Waals surface area contributed by atoms with Gasteiger partial charge in [-0.15, -0.1) is 0 Å². The molecule has 156 valence electrons. The van der Waals surface area contributed by atoms with E-state index in [0.717, 1.165) is 28.9 Å². The van der Waals surface area contributed by atoms with Crippen molar-refractivity contribution in [1.29, 1.82) is 0 Å². The van der Waals surface area contributed by atoms with Gasteiger partial charge in [-0.05, 0) is 61.6 Å². The third kappa shape index (κ3) is 7.42. The first kappa shape index (κ1) is 22.8. The lowest BCUT2D eigenvalue weighted by Crippen LogP contribution is -2.48. The van der Waals surface area contributed by atoms with Crippen molar-refractivity contribution in [2.24, 2.45) is 5.41 Å². The van der Waals surface area contributed by atoms with Gasteiger partial charge >= 0.3 is 0 Å². The first-order valence-corrected chi connectivity index (χ1v) is 10.1. The van der Waals surface area contributed by atoms with Gasteiger partial charge in [0.2, 0.25) is 11.8 Å². The average Bonchev–Trinajstić information content (AvgIpc) is 2.67. The van der Waals surface area contributed by atoms with Gasteiger partial charge in [-0.1, -0.05) is 49.7 Å². The van der Waals surface area contributed by atoms with Crippen LogP contribution in [-0.4, -0.2) is 18.4 Å². The molecule has 0 aromatic heterocycles. The molecule has 2 amide bonds. The molecule has 2 N–H and O–H groups in total. The number of benzene rings is 2.